The second-order valence-corrected chi connectivity index (χ2v) is 7.58. The molecule has 2 saturated carbocycles. The van der Waals surface area contributed by atoms with Crippen LogP contribution in [0, 0.1) is 5.92 Å². The number of carbonyl (C=O) groups is 1. The molecule has 1 aromatic rings. The first-order chi connectivity index (χ1) is 10.2. The number of halogens is 1. The van der Waals surface area contributed by atoms with Crippen LogP contribution in [-0.2, 0) is 0 Å². The fraction of sp³-hybridized carbons (Fsp3) is 0.706. The highest BCUT2D eigenvalue weighted by atomic mass is 79.9. The monoisotopic (exact) mass is 352 g/mol. The molecule has 0 bridgehead atoms. The molecule has 1 amide bonds. The van der Waals surface area contributed by atoms with Crippen molar-refractivity contribution >= 4 is 21.8 Å². The third-order valence-corrected chi connectivity index (χ3v) is 5.30. The molecule has 2 fully saturated rings. The topological polar surface area (TPSA) is 34.0 Å². The van der Waals surface area contributed by atoms with Gasteiger partial charge in [-0.1, -0.05) is 19.8 Å². The van der Waals surface area contributed by atoms with Crippen molar-refractivity contribution in [2.24, 2.45) is 5.92 Å². The van der Waals surface area contributed by atoms with Gasteiger partial charge in [0.1, 0.15) is 5.69 Å². The van der Waals surface area contributed by atoms with E-state index >= 15 is 0 Å². The second kappa shape index (κ2) is 6.55. The average Bonchev–Trinajstić information content (AvgIpc) is 3.24. The van der Waals surface area contributed by atoms with E-state index in [1.54, 1.807) is 0 Å². The lowest BCUT2D eigenvalue weighted by Crippen LogP contribution is -2.38. The molecule has 1 N–H and O–H groups in total. The van der Waals surface area contributed by atoms with Gasteiger partial charge in [-0.25, -0.2) is 0 Å². The van der Waals surface area contributed by atoms with E-state index in [1.807, 2.05) is 12.3 Å². The number of carbonyl (C=O) groups excluding carboxylic acids is 1. The number of hydrogen-bond donors (Lipinski definition) is 1. The second-order valence-electron chi connectivity index (χ2n) is 6.66. The number of aromatic nitrogens is 1. The Labute approximate surface area is 135 Å². The standard InChI is InChI=1S/C17H25BrN2O/c1-2-3-12-4-6-14(7-5-12)19-17(21)16-10-13(18)11-20(16)15-8-9-15/h10-12,14-15H,2-9H2,1H3,(H,19,21). The lowest BCUT2D eigenvalue weighted by atomic mass is 9.83. The predicted molar refractivity (Wildman–Crippen MR) is 88.5 cm³/mol. The van der Waals surface area contributed by atoms with Gasteiger partial charge < -0.3 is 9.88 Å². The zero-order valence-corrected chi connectivity index (χ0v) is 14.4. The Morgan fingerprint density at radius 3 is 2.62 bits per heavy atom. The minimum atomic E-state index is 0.103. The van der Waals surface area contributed by atoms with Gasteiger partial charge in [0.15, 0.2) is 0 Å². The van der Waals surface area contributed by atoms with Gasteiger partial charge in [0.25, 0.3) is 5.91 Å². The van der Waals surface area contributed by atoms with Crippen molar-refractivity contribution in [1.82, 2.24) is 9.88 Å². The fourth-order valence-electron chi connectivity index (χ4n) is 3.55. The highest BCUT2D eigenvalue weighted by Gasteiger charge is 2.29. The lowest BCUT2D eigenvalue weighted by Gasteiger charge is -2.29. The van der Waals surface area contributed by atoms with Crippen LogP contribution < -0.4 is 5.32 Å². The van der Waals surface area contributed by atoms with Crippen molar-refractivity contribution < 1.29 is 4.79 Å². The summed E-state index contributed by atoms with van der Waals surface area (Å²) in [5, 5.41) is 3.25. The van der Waals surface area contributed by atoms with Crippen molar-refractivity contribution in [3.63, 3.8) is 0 Å². The number of hydrogen-bond acceptors (Lipinski definition) is 1. The van der Waals surface area contributed by atoms with Crippen LogP contribution >= 0.6 is 15.9 Å². The van der Waals surface area contributed by atoms with E-state index in [0.29, 0.717) is 12.1 Å². The highest BCUT2D eigenvalue weighted by Crippen LogP contribution is 2.37. The zero-order chi connectivity index (χ0) is 14.8. The molecule has 2 aliphatic carbocycles. The van der Waals surface area contributed by atoms with E-state index in [9.17, 15) is 4.79 Å². The first kappa shape index (κ1) is 15.1. The summed E-state index contributed by atoms with van der Waals surface area (Å²) in [4.78, 5) is 12.5. The van der Waals surface area contributed by atoms with Gasteiger partial charge in [0.05, 0.1) is 0 Å². The summed E-state index contributed by atoms with van der Waals surface area (Å²) in [5.74, 6) is 0.985. The molecular formula is C17H25BrN2O. The van der Waals surface area contributed by atoms with Crippen LogP contribution in [0.15, 0.2) is 16.7 Å². The average molecular weight is 353 g/mol. The van der Waals surface area contributed by atoms with E-state index in [1.165, 1.54) is 38.5 Å². The highest BCUT2D eigenvalue weighted by molar-refractivity contribution is 9.10. The molecule has 1 heterocycles. The molecule has 4 heteroatoms. The first-order valence-corrected chi connectivity index (χ1v) is 9.15. The van der Waals surface area contributed by atoms with Crippen molar-refractivity contribution in [3.05, 3.63) is 22.4 Å². The summed E-state index contributed by atoms with van der Waals surface area (Å²) < 4.78 is 3.15. The van der Waals surface area contributed by atoms with Gasteiger partial charge >= 0.3 is 0 Å². The van der Waals surface area contributed by atoms with Gasteiger partial charge in [-0.2, -0.15) is 0 Å². The zero-order valence-electron chi connectivity index (χ0n) is 12.8. The van der Waals surface area contributed by atoms with E-state index in [4.69, 9.17) is 0 Å². The van der Waals surface area contributed by atoms with Crippen LogP contribution in [0.2, 0.25) is 0 Å². The largest absolute Gasteiger partial charge is 0.348 e. The molecule has 3 rings (SSSR count). The molecule has 0 atom stereocenters. The molecular weight excluding hydrogens is 328 g/mol. The number of nitrogens with one attached hydrogen (secondary N) is 1. The maximum Gasteiger partial charge on any atom is 0.268 e. The summed E-state index contributed by atoms with van der Waals surface area (Å²) in [6.45, 7) is 2.26. The lowest BCUT2D eigenvalue weighted by molar-refractivity contribution is 0.0911. The maximum absolute atomic E-state index is 12.5. The Hall–Kier alpha value is -0.770. The van der Waals surface area contributed by atoms with Gasteiger partial charge in [0.2, 0.25) is 0 Å². The summed E-state index contributed by atoms with van der Waals surface area (Å²) >= 11 is 3.50. The van der Waals surface area contributed by atoms with Crippen molar-refractivity contribution in [2.75, 3.05) is 0 Å². The Balaban J connectivity index is 1.57. The van der Waals surface area contributed by atoms with Crippen LogP contribution in [-0.4, -0.2) is 16.5 Å². The summed E-state index contributed by atoms with van der Waals surface area (Å²) in [6.07, 6.45) is 11.9. The number of rotatable bonds is 5. The minimum absolute atomic E-state index is 0.103. The molecule has 0 aromatic carbocycles. The van der Waals surface area contributed by atoms with E-state index in [2.05, 4.69) is 32.7 Å². The van der Waals surface area contributed by atoms with Gasteiger partial charge in [-0.3, -0.25) is 4.79 Å². The maximum atomic E-state index is 12.5. The number of nitrogens with zero attached hydrogens (tertiary/aromatic N) is 1. The first-order valence-electron chi connectivity index (χ1n) is 8.35. The minimum Gasteiger partial charge on any atom is -0.348 e. The Morgan fingerprint density at radius 2 is 2.00 bits per heavy atom. The molecule has 0 unspecified atom stereocenters. The van der Waals surface area contributed by atoms with Crippen molar-refractivity contribution in [2.45, 2.75) is 70.4 Å². The number of amides is 1. The normalized spacial score (nSPS) is 25.8. The SMILES string of the molecule is CCCC1CCC(NC(=O)c2cc(Br)cn2C2CC2)CC1. The molecule has 3 nitrogen and oxygen atoms in total. The summed E-state index contributed by atoms with van der Waals surface area (Å²) in [5.41, 5.74) is 0.819. The summed E-state index contributed by atoms with van der Waals surface area (Å²) in [6, 6.07) is 2.86. The van der Waals surface area contributed by atoms with E-state index in [0.717, 1.165) is 28.9 Å². The Morgan fingerprint density at radius 1 is 1.29 bits per heavy atom. The molecule has 116 valence electrons. The third-order valence-electron chi connectivity index (χ3n) is 4.87. The van der Waals surface area contributed by atoms with Crippen LogP contribution in [0.4, 0.5) is 0 Å². The van der Waals surface area contributed by atoms with Crippen molar-refractivity contribution in [1.29, 1.82) is 0 Å². The van der Waals surface area contributed by atoms with Crippen LogP contribution in [0.1, 0.15) is 74.8 Å². The molecule has 0 saturated heterocycles. The van der Waals surface area contributed by atoms with Gasteiger partial charge in [-0.05, 0) is 66.4 Å². The van der Waals surface area contributed by atoms with Crippen molar-refractivity contribution in [3.8, 4) is 0 Å². The molecule has 1 aromatic heterocycles. The van der Waals surface area contributed by atoms with E-state index < -0.39 is 0 Å². The summed E-state index contributed by atoms with van der Waals surface area (Å²) in [7, 11) is 0. The molecule has 0 radical (unpaired) electrons. The fourth-order valence-corrected chi connectivity index (χ4v) is 3.98. The molecule has 21 heavy (non-hydrogen) atoms. The molecule has 2 aliphatic rings. The van der Waals surface area contributed by atoms with Crippen LogP contribution in [0.5, 0.6) is 0 Å². The van der Waals surface area contributed by atoms with Crippen LogP contribution in [0.25, 0.3) is 0 Å². The third kappa shape index (κ3) is 3.71. The Kier molecular flexibility index (Phi) is 4.72. The Bertz CT molecular complexity index is 499. The van der Waals surface area contributed by atoms with Gasteiger partial charge in [0, 0.05) is 22.8 Å². The molecule has 0 aliphatic heterocycles. The smallest absolute Gasteiger partial charge is 0.268 e. The van der Waals surface area contributed by atoms with Gasteiger partial charge in [-0.15, -0.1) is 0 Å². The predicted octanol–water partition coefficient (Wildman–Crippen LogP) is 4.67. The van der Waals surface area contributed by atoms with E-state index in [-0.39, 0.29) is 5.91 Å². The molecule has 0 spiro atoms. The van der Waals surface area contributed by atoms with Crippen LogP contribution in [0.3, 0.4) is 0 Å². The quantitative estimate of drug-likeness (QED) is 0.820.